The Kier molecular flexibility index (Phi) is 4.29. The van der Waals surface area contributed by atoms with Crippen molar-refractivity contribution < 1.29 is 8.42 Å². The normalized spacial score (nSPS) is 11.8. The predicted molar refractivity (Wildman–Crippen MR) is 83.2 cm³/mol. The van der Waals surface area contributed by atoms with Gasteiger partial charge in [-0.15, -0.1) is 0 Å². The molecule has 2 rings (SSSR count). The SMILES string of the molecule is Cc1ccc(N)c(S(=O)(=O)N(C)Cc2ccncc2)c1C. The molecule has 1 aromatic carbocycles. The van der Waals surface area contributed by atoms with Gasteiger partial charge in [0.25, 0.3) is 0 Å². The molecular formula is C15H19N3O2S. The van der Waals surface area contributed by atoms with Gasteiger partial charge in [0.15, 0.2) is 0 Å². The molecule has 5 nitrogen and oxygen atoms in total. The summed E-state index contributed by atoms with van der Waals surface area (Å²) in [6.07, 6.45) is 3.28. The topological polar surface area (TPSA) is 76.3 Å². The van der Waals surface area contributed by atoms with Crippen LogP contribution in [0, 0.1) is 13.8 Å². The van der Waals surface area contributed by atoms with E-state index in [0.29, 0.717) is 5.56 Å². The average molecular weight is 305 g/mol. The van der Waals surface area contributed by atoms with E-state index in [0.717, 1.165) is 11.1 Å². The first-order chi connectivity index (χ1) is 9.84. The average Bonchev–Trinajstić information content (AvgIpc) is 2.44. The van der Waals surface area contributed by atoms with Gasteiger partial charge >= 0.3 is 0 Å². The molecule has 0 amide bonds. The van der Waals surface area contributed by atoms with E-state index in [1.54, 1.807) is 44.6 Å². The van der Waals surface area contributed by atoms with Gasteiger partial charge in [0.1, 0.15) is 4.90 Å². The minimum Gasteiger partial charge on any atom is -0.398 e. The van der Waals surface area contributed by atoms with Crippen LogP contribution < -0.4 is 5.73 Å². The molecule has 0 bridgehead atoms. The van der Waals surface area contributed by atoms with Gasteiger partial charge in [0.2, 0.25) is 10.0 Å². The number of nitrogens with zero attached hydrogens (tertiary/aromatic N) is 2. The van der Waals surface area contributed by atoms with Crippen molar-refractivity contribution in [1.82, 2.24) is 9.29 Å². The number of anilines is 1. The standard InChI is InChI=1S/C15H19N3O2S/c1-11-4-5-14(16)15(12(11)2)21(19,20)18(3)10-13-6-8-17-9-7-13/h4-9H,10,16H2,1-3H3. The minimum absolute atomic E-state index is 0.194. The Labute approximate surface area is 125 Å². The Morgan fingerprint density at radius 3 is 2.38 bits per heavy atom. The summed E-state index contributed by atoms with van der Waals surface area (Å²) in [7, 11) is -2.08. The number of aryl methyl sites for hydroxylation is 1. The van der Waals surface area contributed by atoms with E-state index in [-0.39, 0.29) is 17.1 Å². The van der Waals surface area contributed by atoms with Crippen molar-refractivity contribution in [3.05, 3.63) is 53.3 Å². The van der Waals surface area contributed by atoms with Crippen LogP contribution in [-0.4, -0.2) is 24.8 Å². The van der Waals surface area contributed by atoms with Gasteiger partial charge in [-0.25, -0.2) is 8.42 Å². The van der Waals surface area contributed by atoms with Crippen molar-refractivity contribution in [3.8, 4) is 0 Å². The molecule has 1 heterocycles. The number of sulfonamides is 1. The first kappa shape index (κ1) is 15.5. The molecule has 0 aliphatic carbocycles. The first-order valence-corrected chi connectivity index (χ1v) is 7.99. The Hall–Kier alpha value is -1.92. The highest BCUT2D eigenvalue weighted by atomic mass is 32.2. The van der Waals surface area contributed by atoms with Crippen molar-refractivity contribution >= 4 is 15.7 Å². The molecular weight excluding hydrogens is 286 g/mol. The van der Waals surface area contributed by atoms with Crippen LogP contribution in [0.1, 0.15) is 16.7 Å². The molecule has 6 heteroatoms. The Bertz CT molecular complexity index is 743. The van der Waals surface area contributed by atoms with Crippen molar-refractivity contribution in [1.29, 1.82) is 0 Å². The van der Waals surface area contributed by atoms with Gasteiger partial charge in [-0.05, 0) is 48.7 Å². The van der Waals surface area contributed by atoms with Gasteiger partial charge in [0.05, 0.1) is 5.69 Å². The van der Waals surface area contributed by atoms with E-state index in [4.69, 9.17) is 5.73 Å². The van der Waals surface area contributed by atoms with Crippen LogP contribution in [0.3, 0.4) is 0 Å². The van der Waals surface area contributed by atoms with Crippen molar-refractivity contribution in [2.45, 2.75) is 25.3 Å². The zero-order chi connectivity index (χ0) is 15.6. The summed E-state index contributed by atoms with van der Waals surface area (Å²) in [6, 6.07) is 7.04. The van der Waals surface area contributed by atoms with Gasteiger partial charge in [-0.2, -0.15) is 4.31 Å². The number of hydrogen-bond donors (Lipinski definition) is 1. The lowest BCUT2D eigenvalue weighted by molar-refractivity contribution is 0.466. The molecule has 0 unspecified atom stereocenters. The molecule has 2 aromatic rings. The van der Waals surface area contributed by atoms with Crippen molar-refractivity contribution in [2.75, 3.05) is 12.8 Å². The van der Waals surface area contributed by atoms with Crippen LogP contribution in [0.4, 0.5) is 5.69 Å². The van der Waals surface area contributed by atoms with Crippen molar-refractivity contribution in [3.63, 3.8) is 0 Å². The molecule has 0 radical (unpaired) electrons. The maximum absolute atomic E-state index is 12.8. The van der Waals surface area contributed by atoms with E-state index >= 15 is 0 Å². The summed E-state index contributed by atoms with van der Waals surface area (Å²) in [5, 5.41) is 0. The van der Waals surface area contributed by atoms with E-state index in [1.165, 1.54) is 4.31 Å². The van der Waals surface area contributed by atoms with Gasteiger partial charge in [-0.1, -0.05) is 6.07 Å². The molecule has 1 aromatic heterocycles. The third kappa shape index (κ3) is 3.06. The predicted octanol–water partition coefficient (Wildman–Crippen LogP) is 2.10. The number of rotatable bonds is 4. The number of pyridine rings is 1. The molecule has 21 heavy (non-hydrogen) atoms. The fourth-order valence-electron chi connectivity index (χ4n) is 2.14. The lowest BCUT2D eigenvalue weighted by Gasteiger charge is -2.20. The van der Waals surface area contributed by atoms with Crippen LogP contribution >= 0.6 is 0 Å². The number of hydrogen-bond acceptors (Lipinski definition) is 4. The second kappa shape index (κ2) is 5.83. The number of nitrogen functional groups attached to an aromatic ring is 1. The zero-order valence-corrected chi connectivity index (χ0v) is 13.2. The summed E-state index contributed by atoms with van der Waals surface area (Å²) in [6.45, 7) is 3.92. The van der Waals surface area contributed by atoms with Crippen LogP contribution in [0.25, 0.3) is 0 Å². The summed E-state index contributed by atoms with van der Waals surface area (Å²) in [5.74, 6) is 0. The van der Waals surface area contributed by atoms with Crippen molar-refractivity contribution in [2.24, 2.45) is 0 Å². The monoisotopic (exact) mass is 305 g/mol. The summed E-state index contributed by atoms with van der Waals surface area (Å²) in [5.41, 5.74) is 8.64. The molecule has 0 spiro atoms. The second-order valence-corrected chi connectivity index (χ2v) is 7.02. The van der Waals surface area contributed by atoms with Gasteiger partial charge < -0.3 is 5.73 Å². The lowest BCUT2D eigenvalue weighted by Crippen LogP contribution is -2.28. The van der Waals surface area contributed by atoms with E-state index < -0.39 is 10.0 Å². The molecule has 0 atom stereocenters. The fourth-order valence-corrected chi connectivity index (χ4v) is 3.68. The fraction of sp³-hybridized carbons (Fsp3) is 0.267. The Morgan fingerprint density at radius 1 is 1.14 bits per heavy atom. The molecule has 0 fully saturated rings. The highest BCUT2D eigenvalue weighted by Gasteiger charge is 2.26. The Morgan fingerprint density at radius 2 is 1.76 bits per heavy atom. The second-order valence-electron chi connectivity index (χ2n) is 5.04. The van der Waals surface area contributed by atoms with E-state index in [9.17, 15) is 8.42 Å². The Balaban J connectivity index is 2.41. The maximum atomic E-state index is 12.8. The quantitative estimate of drug-likeness (QED) is 0.878. The summed E-state index contributed by atoms with van der Waals surface area (Å²) >= 11 is 0. The third-order valence-electron chi connectivity index (χ3n) is 3.53. The van der Waals surface area contributed by atoms with Gasteiger partial charge in [-0.3, -0.25) is 4.98 Å². The van der Waals surface area contributed by atoms with Gasteiger partial charge in [0, 0.05) is 26.0 Å². The largest absolute Gasteiger partial charge is 0.398 e. The molecule has 2 N–H and O–H groups in total. The van der Waals surface area contributed by atoms with Crippen LogP contribution in [-0.2, 0) is 16.6 Å². The summed E-state index contributed by atoms with van der Waals surface area (Å²) in [4.78, 5) is 4.12. The minimum atomic E-state index is -3.63. The lowest BCUT2D eigenvalue weighted by atomic mass is 10.1. The molecule has 0 saturated carbocycles. The summed E-state index contributed by atoms with van der Waals surface area (Å²) < 4.78 is 26.8. The highest BCUT2D eigenvalue weighted by molar-refractivity contribution is 7.89. The van der Waals surface area contributed by atoms with Crippen LogP contribution in [0.15, 0.2) is 41.6 Å². The molecule has 112 valence electrons. The molecule has 0 aliphatic heterocycles. The van der Waals surface area contributed by atoms with E-state index in [2.05, 4.69) is 4.98 Å². The highest BCUT2D eigenvalue weighted by Crippen LogP contribution is 2.28. The maximum Gasteiger partial charge on any atom is 0.245 e. The number of nitrogens with two attached hydrogens (primary N) is 1. The molecule has 0 aliphatic rings. The van der Waals surface area contributed by atoms with Crippen LogP contribution in [0.2, 0.25) is 0 Å². The number of aromatic nitrogens is 1. The first-order valence-electron chi connectivity index (χ1n) is 6.55. The van der Waals surface area contributed by atoms with E-state index in [1.807, 2.05) is 13.0 Å². The smallest absolute Gasteiger partial charge is 0.245 e. The number of benzene rings is 1. The van der Waals surface area contributed by atoms with Crippen LogP contribution in [0.5, 0.6) is 0 Å². The third-order valence-corrected chi connectivity index (χ3v) is 5.54. The zero-order valence-electron chi connectivity index (χ0n) is 12.4. The molecule has 0 saturated heterocycles.